The number of benzene rings is 3. The summed E-state index contributed by atoms with van der Waals surface area (Å²) >= 11 is 0. The Morgan fingerprint density at radius 2 is 1.48 bits per heavy atom. The smallest absolute Gasteiger partial charge is 0.261 e. The van der Waals surface area contributed by atoms with E-state index in [9.17, 15) is 4.79 Å². The first-order chi connectivity index (χ1) is 15.3. The first-order valence-electron chi connectivity index (χ1n) is 10.8. The van der Waals surface area contributed by atoms with E-state index in [0.29, 0.717) is 6.54 Å². The number of carbonyl (C=O) groups is 1. The van der Waals surface area contributed by atoms with Crippen LogP contribution in [0.15, 0.2) is 103 Å². The summed E-state index contributed by atoms with van der Waals surface area (Å²) in [5.41, 5.74) is 6.77. The van der Waals surface area contributed by atoms with Crippen LogP contribution in [0, 0.1) is 0 Å². The summed E-state index contributed by atoms with van der Waals surface area (Å²) in [6, 6.07) is 27.3. The van der Waals surface area contributed by atoms with Crippen LogP contribution >= 0.6 is 0 Å². The molecule has 0 aromatic heterocycles. The summed E-state index contributed by atoms with van der Waals surface area (Å²) < 4.78 is 0. The van der Waals surface area contributed by atoms with Crippen LogP contribution in [0.2, 0.25) is 0 Å². The number of para-hydroxylation sites is 2. The molecule has 31 heavy (non-hydrogen) atoms. The van der Waals surface area contributed by atoms with E-state index in [2.05, 4.69) is 82.6 Å². The van der Waals surface area contributed by atoms with Crippen molar-refractivity contribution >= 4 is 17.3 Å². The van der Waals surface area contributed by atoms with Gasteiger partial charge in [0.25, 0.3) is 5.91 Å². The van der Waals surface area contributed by atoms with Crippen LogP contribution in [0.5, 0.6) is 0 Å². The van der Waals surface area contributed by atoms with Crippen molar-refractivity contribution in [2.24, 2.45) is 0 Å². The highest BCUT2D eigenvalue weighted by Gasteiger charge is 2.45. The summed E-state index contributed by atoms with van der Waals surface area (Å²) in [7, 11) is 0. The number of rotatable bonds is 3. The first kappa shape index (κ1) is 18.0. The van der Waals surface area contributed by atoms with Gasteiger partial charge in [-0.25, -0.2) is 0 Å². The van der Waals surface area contributed by atoms with Crippen LogP contribution in [-0.4, -0.2) is 17.4 Å². The number of hydrogen-bond acceptors (Lipinski definition) is 3. The normalized spacial score (nSPS) is 18.7. The lowest BCUT2D eigenvalue weighted by atomic mass is 9.97. The summed E-state index contributed by atoms with van der Waals surface area (Å²) in [5, 5.41) is 0. The predicted molar refractivity (Wildman–Crippen MR) is 124 cm³/mol. The van der Waals surface area contributed by atoms with E-state index in [1.54, 1.807) is 0 Å². The Morgan fingerprint density at radius 1 is 0.774 bits per heavy atom. The van der Waals surface area contributed by atoms with Gasteiger partial charge in [0.2, 0.25) is 0 Å². The number of carbonyl (C=O) groups excluding carboxylic acids is 1. The van der Waals surface area contributed by atoms with E-state index in [-0.39, 0.29) is 11.9 Å². The molecule has 3 aromatic rings. The van der Waals surface area contributed by atoms with E-state index in [4.69, 9.17) is 0 Å². The van der Waals surface area contributed by atoms with Crippen LogP contribution in [-0.2, 0) is 6.54 Å². The Balaban J connectivity index is 1.54. The zero-order valence-electron chi connectivity index (χ0n) is 17.4. The molecule has 152 valence electrons. The summed E-state index contributed by atoms with van der Waals surface area (Å²) in [5.74, 6) is 1.03. The molecule has 0 saturated carbocycles. The topological polar surface area (TPSA) is 26.8 Å². The molecule has 1 amide bonds. The zero-order chi connectivity index (χ0) is 20.9. The molecular weight excluding hydrogens is 382 g/mol. The molecule has 0 bridgehead atoms. The van der Waals surface area contributed by atoms with Crippen LogP contribution < -0.4 is 9.80 Å². The van der Waals surface area contributed by atoms with Crippen molar-refractivity contribution < 1.29 is 4.79 Å². The number of hydrogen-bond donors (Lipinski definition) is 0. The van der Waals surface area contributed by atoms with Crippen molar-refractivity contribution in [2.75, 3.05) is 16.3 Å². The van der Waals surface area contributed by atoms with E-state index in [1.807, 2.05) is 30.0 Å². The van der Waals surface area contributed by atoms with E-state index < -0.39 is 0 Å². The second kappa shape index (κ2) is 6.88. The molecule has 1 unspecified atom stereocenters. The van der Waals surface area contributed by atoms with Crippen molar-refractivity contribution in [1.82, 2.24) is 4.90 Å². The molecule has 0 fully saturated rings. The quantitative estimate of drug-likeness (QED) is 0.578. The van der Waals surface area contributed by atoms with Crippen molar-refractivity contribution in [3.8, 4) is 0 Å². The Hall–Kier alpha value is -3.79. The predicted octanol–water partition coefficient (Wildman–Crippen LogP) is 5.47. The summed E-state index contributed by atoms with van der Waals surface area (Å²) in [6.45, 7) is 3.49. The van der Waals surface area contributed by atoms with Crippen molar-refractivity contribution in [1.29, 1.82) is 0 Å². The third kappa shape index (κ3) is 2.58. The maximum atomic E-state index is 13.2. The molecule has 0 N–H and O–H groups in total. The summed E-state index contributed by atoms with van der Waals surface area (Å²) in [4.78, 5) is 19.8. The Bertz CT molecular complexity index is 1240. The lowest BCUT2D eigenvalue weighted by Gasteiger charge is -2.45. The average Bonchev–Trinajstić information content (AvgIpc) is 3.14. The van der Waals surface area contributed by atoms with Gasteiger partial charge >= 0.3 is 0 Å². The number of allylic oxidation sites excluding steroid dienone is 2. The Labute approximate surface area is 182 Å². The lowest BCUT2D eigenvalue weighted by molar-refractivity contribution is 0.0797. The molecule has 0 saturated heterocycles. The van der Waals surface area contributed by atoms with Gasteiger partial charge < -0.3 is 9.80 Å². The minimum atomic E-state index is 0.0446. The fraction of sp³-hybridized carbons (Fsp3) is 0.148. The summed E-state index contributed by atoms with van der Waals surface area (Å²) in [6.07, 6.45) is 4.30. The molecule has 3 heterocycles. The molecule has 1 atom stereocenters. The molecule has 0 aliphatic carbocycles. The van der Waals surface area contributed by atoms with Gasteiger partial charge in [-0.2, -0.15) is 0 Å². The van der Waals surface area contributed by atoms with Crippen LogP contribution in [0.25, 0.3) is 0 Å². The standard InChI is InChI=1S/C27H23N3O/c1-2-28-25-17-16-24-26(30(25)23-15-9-7-13-21(23)27(28)31)20-12-6-8-14-22(20)29(24)18-19-10-4-3-5-11-19/h3-17,26H,2,18H2,1H3. The number of anilines is 2. The van der Waals surface area contributed by atoms with Gasteiger partial charge in [-0.3, -0.25) is 9.69 Å². The fourth-order valence-corrected chi connectivity index (χ4v) is 5.08. The molecule has 4 heteroatoms. The van der Waals surface area contributed by atoms with Crippen molar-refractivity contribution in [3.05, 3.63) is 119 Å². The van der Waals surface area contributed by atoms with Crippen molar-refractivity contribution in [2.45, 2.75) is 19.5 Å². The van der Waals surface area contributed by atoms with Gasteiger partial charge in [-0.1, -0.05) is 60.7 Å². The van der Waals surface area contributed by atoms with Crippen LogP contribution in [0.1, 0.15) is 34.5 Å². The second-order valence-electron chi connectivity index (χ2n) is 8.09. The SMILES string of the molecule is CCN1C(=O)c2ccccc2N2C1=CC=C1C2c2ccccc2N1Cc1ccccc1. The number of fused-ring (bicyclic) bond motifs is 7. The minimum Gasteiger partial charge on any atom is -0.338 e. The molecule has 0 spiro atoms. The molecular formula is C27H23N3O. The third-order valence-electron chi connectivity index (χ3n) is 6.44. The highest BCUT2D eigenvalue weighted by molar-refractivity contribution is 6.04. The van der Waals surface area contributed by atoms with E-state index in [0.717, 1.165) is 23.6 Å². The molecule has 3 aliphatic heterocycles. The van der Waals surface area contributed by atoms with Gasteiger partial charge in [-0.05, 0) is 42.8 Å². The van der Waals surface area contributed by atoms with Crippen LogP contribution in [0.4, 0.5) is 11.4 Å². The fourth-order valence-electron chi connectivity index (χ4n) is 5.08. The average molecular weight is 406 g/mol. The highest BCUT2D eigenvalue weighted by Crippen LogP contribution is 2.52. The zero-order valence-corrected chi connectivity index (χ0v) is 17.4. The van der Waals surface area contributed by atoms with Gasteiger partial charge in [0.1, 0.15) is 11.9 Å². The number of amides is 1. The molecule has 3 aliphatic rings. The minimum absolute atomic E-state index is 0.0446. The molecule has 3 aromatic carbocycles. The monoisotopic (exact) mass is 405 g/mol. The first-order valence-corrected chi connectivity index (χ1v) is 10.8. The maximum Gasteiger partial charge on any atom is 0.261 e. The molecule has 0 radical (unpaired) electrons. The Kier molecular flexibility index (Phi) is 4.00. The van der Waals surface area contributed by atoms with E-state index in [1.165, 1.54) is 22.5 Å². The van der Waals surface area contributed by atoms with Gasteiger partial charge in [-0.15, -0.1) is 0 Å². The third-order valence-corrected chi connectivity index (χ3v) is 6.44. The van der Waals surface area contributed by atoms with Crippen molar-refractivity contribution in [3.63, 3.8) is 0 Å². The largest absolute Gasteiger partial charge is 0.338 e. The van der Waals surface area contributed by atoms with Gasteiger partial charge in [0, 0.05) is 30.0 Å². The molecule has 6 rings (SSSR count). The maximum absolute atomic E-state index is 13.2. The molecule has 4 nitrogen and oxygen atoms in total. The van der Waals surface area contributed by atoms with Gasteiger partial charge in [0.05, 0.1) is 11.3 Å². The second-order valence-corrected chi connectivity index (χ2v) is 8.09. The van der Waals surface area contributed by atoms with E-state index >= 15 is 0 Å². The Morgan fingerprint density at radius 3 is 2.29 bits per heavy atom. The lowest BCUT2D eigenvalue weighted by Crippen LogP contribution is -2.47. The van der Waals surface area contributed by atoms with Crippen LogP contribution in [0.3, 0.4) is 0 Å². The highest BCUT2D eigenvalue weighted by atomic mass is 16.2. The van der Waals surface area contributed by atoms with Gasteiger partial charge in [0.15, 0.2) is 0 Å². The number of nitrogens with zero attached hydrogens (tertiary/aromatic N) is 3.